The Kier molecular flexibility index (Phi) is 3.75. The summed E-state index contributed by atoms with van der Waals surface area (Å²) < 4.78 is 16.4. The molecule has 4 heteroatoms. The van der Waals surface area contributed by atoms with Crippen molar-refractivity contribution >= 4 is 0 Å². The largest absolute Gasteiger partial charge is 0.381 e. The smallest absolute Gasteiger partial charge is 0.0959 e. The van der Waals surface area contributed by atoms with E-state index in [1.807, 2.05) is 0 Å². The quantitative estimate of drug-likeness (QED) is 0.706. The number of ether oxygens (including phenoxy) is 3. The van der Waals surface area contributed by atoms with Crippen LogP contribution in [0, 0.1) is 5.92 Å². The highest BCUT2D eigenvalue weighted by Gasteiger charge is 2.25. The highest BCUT2D eigenvalue weighted by molar-refractivity contribution is 4.77. The van der Waals surface area contributed by atoms with Crippen LogP contribution in [0.2, 0.25) is 0 Å². The van der Waals surface area contributed by atoms with Crippen molar-refractivity contribution in [2.24, 2.45) is 11.7 Å². The van der Waals surface area contributed by atoms with Crippen LogP contribution >= 0.6 is 0 Å². The zero-order chi connectivity index (χ0) is 9.80. The van der Waals surface area contributed by atoms with Gasteiger partial charge in [-0.2, -0.15) is 0 Å². The van der Waals surface area contributed by atoms with Crippen LogP contribution in [0.1, 0.15) is 12.8 Å². The van der Waals surface area contributed by atoms with E-state index in [1.54, 1.807) is 0 Å². The highest BCUT2D eigenvalue weighted by Crippen LogP contribution is 2.16. The van der Waals surface area contributed by atoms with E-state index < -0.39 is 0 Å². The molecule has 0 aromatic heterocycles. The van der Waals surface area contributed by atoms with Crippen molar-refractivity contribution in [2.45, 2.75) is 25.0 Å². The molecule has 3 atom stereocenters. The fourth-order valence-electron chi connectivity index (χ4n) is 1.87. The molecule has 82 valence electrons. The molecule has 2 saturated heterocycles. The molecule has 2 aliphatic heterocycles. The van der Waals surface area contributed by atoms with Crippen molar-refractivity contribution in [3.05, 3.63) is 0 Å². The maximum atomic E-state index is 5.93. The molecular formula is C10H19NO3. The number of rotatable bonds is 3. The van der Waals surface area contributed by atoms with Gasteiger partial charge in [-0.3, -0.25) is 0 Å². The lowest BCUT2D eigenvalue weighted by molar-refractivity contribution is -0.0705. The summed E-state index contributed by atoms with van der Waals surface area (Å²) in [6, 6.07) is 0.145. The maximum absolute atomic E-state index is 5.93. The maximum Gasteiger partial charge on any atom is 0.0959 e. The fraction of sp³-hybridized carbons (Fsp3) is 1.00. The molecule has 0 saturated carbocycles. The molecule has 3 unspecified atom stereocenters. The molecule has 0 spiro atoms. The zero-order valence-corrected chi connectivity index (χ0v) is 8.48. The fourth-order valence-corrected chi connectivity index (χ4v) is 1.87. The monoisotopic (exact) mass is 201 g/mol. The average molecular weight is 201 g/mol. The van der Waals surface area contributed by atoms with Gasteiger partial charge in [-0.25, -0.2) is 0 Å². The standard InChI is InChI=1S/C10H19NO3/c11-9-2-4-13-7-10(9)14-6-8-1-3-12-5-8/h8-10H,1-7,11H2. The lowest BCUT2D eigenvalue weighted by atomic mass is 10.1. The van der Waals surface area contributed by atoms with E-state index in [1.165, 1.54) is 0 Å². The summed E-state index contributed by atoms with van der Waals surface area (Å²) >= 11 is 0. The summed E-state index contributed by atoms with van der Waals surface area (Å²) in [7, 11) is 0. The summed E-state index contributed by atoms with van der Waals surface area (Å²) in [6.07, 6.45) is 2.11. The van der Waals surface area contributed by atoms with Crippen molar-refractivity contribution in [3.63, 3.8) is 0 Å². The van der Waals surface area contributed by atoms with Gasteiger partial charge < -0.3 is 19.9 Å². The molecule has 2 heterocycles. The summed E-state index contributed by atoms with van der Waals surface area (Å²) in [4.78, 5) is 0. The van der Waals surface area contributed by atoms with Crippen LogP contribution in [0.25, 0.3) is 0 Å². The molecule has 2 aliphatic rings. The first-order valence-electron chi connectivity index (χ1n) is 5.39. The van der Waals surface area contributed by atoms with Crippen LogP contribution in [0.5, 0.6) is 0 Å². The first kappa shape index (κ1) is 10.4. The van der Waals surface area contributed by atoms with Crippen LogP contribution in [0.15, 0.2) is 0 Å². The van der Waals surface area contributed by atoms with Gasteiger partial charge in [0.15, 0.2) is 0 Å². The summed E-state index contributed by atoms with van der Waals surface area (Å²) in [5, 5.41) is 0. The SMILES string of the molecule is NC1CCOCC1OCC1CCOC1. The molecule has 4 nitrogen and oxygen atoms in total. The van der Waals surface area contributed by atoms with Gasteiger partial charge in [0.25, 0.3) is 0 Å². The lowest BCUT2D eigenvalue weighted by Crippen LogP contribution is -2.45. The minimum Gasteiger partial charge on any atom is -0.381 e. The Balaban J connectivity index is 1.67. The molecular weight excluding hydrogens is 182 g/mol. The molecule has 0 bridgehead atoms. The lowest BCUT2D eigenvalue weighted by Gasteiger charge is -2.29. The van der Waals surface area contributed by atoms with Crippen LogP contribution < -0.4 is 5.73 Å². The van der Waals surface area contributed by atoms with E-state index in [4.69, 9.17) is 19.9 Å². The van der Waals surface area contributed by atoms with Crippen molar-refractivity contribution in [1.29, 1.82) is 0 Å². The van der Waals surface area contributed by atoms with Crippen LogP contribution in [0.3, 0.4) is 0 Å². The van der Waals surface area contributed by atoms with E-state index in [9.17, 15) is 0 Å². The molecule has 0 aromatic carbocycles. The number of nitrogens with two attached hydrogens (primary N) is 1. The number of hydrogen-bond donors (Lipinski definition) is 1. The van der Waals surface area contributed by atoms with Crippen molar-refractivity contribution in [2.75, 3.05) is 33.0 Å². The van der Waals surface area contributed by atoms with Gasteiger partial charge in [-0.1, -0.05) is 0 Å². The molecule has 0 amide bonds. The van der Waals surface area contributed by atoms with E-state index in [0.717, 1.165) is 39.3 Å². The Morgan fingerprint density at radius 3 is 2.64 bits per heavy atom. The normalized spacial score (nSPS) is 38.8. The molecule has 0 aliphatic carbocycles. The van der Waals surface area contributed by atoms with E-state index >= 15 is 0 Å². The third kappa shape index (κ3) is 2.67. The first-order chi connectivity index (χ1) is 6.86. The Hall–Kier alpha value is -0.160. The van der Waals surface area contributed by atoms with E-state index in [2.05, 4.69) is 0 Å². The van der Waals surface area contributed by atoms with Gasteiger partial charge in [-0.15, -0.1) is 0 Å². The predicted molar refractivity (Wildman–Crippen MR) is 52.1 cm³/mol. The van der Waals surface area contributed by atoms with E-state index in [-0.39, 0.29) is 12.1 Å². The molecule has 2 fully saturated rings. The van der Waals surface area contributed by atoms with Crippen LogP contribution in [-0.4, -0.2) is 45.2 Å². The van der Waals surface area contributed by atoms with Crippen LogP contribution in [0.4, 0.5) is 0 Å². The molecule has 0 aromatic rings. The molecule has 2 rings (SSSR count). The van der Waals surface area contributed by atoms with Gasteiger partial charge in [0.05, 0.1) is 25.9 Å². The van der Waals surface area contributed by atoms with Gasteiger partial charge in [0.1, 0.15) is 0 Å². The average Bonchev–Trinajstić information content (AvgIpc) is 2.69. The van der Waals surface area contributed by atoms with E-state index in [0.29, 0.717) is 12.5 Å². The first-order valence-corrected chi connectivity index (χ1v) is 5.39. The van der Waals surface area contributed by atoms with Crippen molar-refractivity contribution in [1.82, 2.24) is 0 Å². The summed E-state index contributed by atoms with van der Waals surface area (Å²) in [5.74, 6) is 0.559. The molecule has 0 radical (unpaired) electrons. The van der Waals surface area contributed by atoms with Gasteiger partial charge >= 0.3 is 0 Å². The second-order valence-electron chi connectivity index (χ2n) is 4.13. The minimum absolute atomic E-state index is 0.0874. The van der Waals surface area contributed by atoms with Gasteiger partial charge in [-0.05, 0) is 12.8 Å². The number of hydrogen-bond acceptors (Lipinski definition) is 4. The highest BCUT2D eigenvalue weighted by atomic mass is 16.5. The zero-order valence-electron chi connectivity index (χ0n) is 8.48. The third-order valence-corrected chi connectivity index (χ3v) is 2.93. The van der Waals surface area contributed by atoms with Gasteiger partial charge in [0, 0.05) is 25.2 Å². The predicted octanol–water partition coefficient (Wildman–Crippen LogP) is 0.156. The second-order valence-corrected chi connectivity index (χ2v) is 4.13. The summed E-state index contributed by atoms with van der Waals surface area (Å²) in [5.41, 5.74) is 5.93. The second kappa shape index (κ2) is 5.07. The third-order valence-electron chi connectivity index (χ3n) is 2.93. The Morgan fingerprint density at radius 2 is 1.93 bits per heavy atom. The van der Waals surface area contributed by atoms with Crippen LogP contribution in [-0.2, 0) is 14.2 Å². The summed E-state index contributed by atoms with van der Waals surface area (Å²) in [6.45, 7) is 3.90. The Bertz CT molecular complexity index is 171. The molecule has 14 heavy (non-hydrogen) atoms. The topological polar surface area (TPSA) is 53.7 Å². The Labute approximate surface area is 84.7 Å². The van der Waals surface area contributed by atoms with Crippen molar-refractivity contribution in [3.8, 4) is 0 Å². The van der Waals surface area contributed by atoms with Gasteiger partial charge in [0.2, 0.25) is 0 Å². The Morgan fingerprint density at radius 1 is 1.14 bits per heavy atom. The van der Waals surface area contributed by atoms with Crippen molar-refractivity contribution < 1.29 is 14.2 Å². The molecule has 2 N–H and O–H groups in total. The minimum atomic E-state index is 0.0874.